The molecule has 1 aliphatic rings. The second-order valence-corrected chi connectivity index (χ2v) is 4.72. The SMILES string of the molecule is O=C(NC1CCC(O)CC1)c1c(F)cc(F)cc1F. The fraction of sp³-hybridized carbons (Fsp3) is 0.462. The van der Waals surface area contributed by atoms with Crippen molar-refractivity contribution in [2.75, 3.05) is 0 Å². The number of carbonyl (C=O) groups is 1. The molecule has 2 N–H and O–H groups in total. The van der Waals surface area contributed by atoms with Crippen LogP contribution >= 0.6 is 0 Å². The molecule has 19 heavy (non-hydrogen) atoms. The highest BCUT2D eigenvalue weighted by molar-refractivity contribution is 5.94. The Balaban J connectivity index is 2.08. The fourth-order valence-corrected chi connectivity index (χ4v) is 2.24. The zero-order valence-corrected chi connectivity index (χ0v) is 10.1. The predicted octanol–water partition coefficient (Wildman–Crippen LogP) is 2.14. The van der Waals surface area contributed by atoms with Gasteiger partial charge in [0.1, 0.15) is 23.0 Å². The summed E-state index contributed by atoms with van der Waals surface area (Å²) >= 11 is 0. The molecule has 0 radical (unpaired) electrons. The van der Waals surface area contributed by atoms with Crippen molar-refractivity contribution in [3.8, 4) is 0 Å². The largest absolute Gasteiger partial charge is 0.393 e. The highest BCUT2D eigenvalue weighted by Crippen LogP contribution is 2.20. The average Bonchev–Trinajstić information content (AvgIpc) is 2.30. The van der Waals surface area contributed by atoms with Gasteiger partial charge >= 0.3 is 0 Å². The number of amides is 1. The predicted molar refractivity (Wildman–Crippen MR) is 62.0 cm³/mol. The number of benzene rings is 1. The van der Waals surface area contributed by atoms with Crippen LogP contribution in [0, 0.1) is 17.5 Å². The monoisotopic (exact) mass is 273 g/mol. The van der Waals surface area contributed by atoms with Gasteiger partial charge in [-0.3, -0.25) is 4.79 Å². The first kappa shape index (κ1) is 13.9. The van der Waals surface area contributed by atoms with E-state index in [0.29, 0.717) is 37.8 Å². The van der Waals surface area contributed by atoms with Crippen molar-refractivity contribution < 1.29 is 23.1 Å². The van der Waals surface area contributed by atoms with Gasteiger partial charge in [0.05, 0.1) is 6.10 Å². The van der Waals surface area contributed by atoms with E-state index in [1.165, 1.54) is 0 Å². The topological polar surface area (TPSA) is 49.3 Å². The van der Waals surface area contributed by atoms with E-state index in [1.807, 2.05) is 0 Å². The molecule has 2 rings (SSSR count). The molecule has 6 heteroatoms. The van der Waals surface area contributed by atoms with Crippen LogP contribution in [0.1, 0.15) is 36.0 Å². The molecule has 3 nitrogen and oxygen atoms in total. The second kappa shape index (κ2) is 5.61. The van der Waals surface area contributed by atoms with E-state index >= 15 is 0 Å². The molecule has 0 aliphatic heterocycles. The average molecular weight is 273 g/mol. The normalized spacial score (nSPS) is 23.2. The number of hydrogen-bond acceptors (Lipinski definition) is 2. The van der Waals surface area contributed by atoms with Gasteiger partial charge in [-0.1, -0.05) is 0 Å². The summed E-state index contributed by atoms with van der Waals surface area (Å²) in [5.41, 5.74) is -0.771. The molecular weight excluding hydrogens is 259 g/mol. The van der Waals surface area contributed by atoms with Crippen LogP contribution in [0.4, 0.5) is 13.2 Å². The van der Waals surface area contributed by atoms with Crippen LogP contribution in [-0.2, 0) is 0 Å². The molecule has 1 saturated carbocycles. The summed E-state index contributed by atoms with van der Waals surface area (Å²) in [7, 11) is 0. The smallest absolute Gasteiger partial charge is 0.257 e. The van der Waals surface area contributed by atoms with E-state index in [9.17, 15) is 23.1 Å². The molecular formula is C13H14F3NO2. The van der Waals surface area contributed by atoms with Gasteiger partial charge in [-0.15, -0.1) is 0 Å². The summed E-state index contributed by atoms with van der Waals surface area (Å²) < 4.78 is 39.5. The number of carbonyl (C=O) groups excluding carboxylic acids is 1. The van der Waals surface area contributed by atoms with E-state index in [2.05, 4.69) is 5.32 Å². The number of nitrogens with one attached hydrogen (secondary N) is 1. The number of aliphatic hydroxyl groups excluding tert-OH is 1. The Kier molecular flexibility index (Phi) is 4.09. The molecule has 0 spiro atoms. The Bertz CT molecular complexity index is 462. The Morgan fingerprint density at radius 2 is 1.63 bits per heavy atom. The van der Waals surface area contributed by atoms with Crippen LogP contribution in [-0.4, -0.2) is 23.2 Å². The minimum Gasteiger partial charge on any atom is -0.393 e. The van der Waals surface area contributed by atoms with Crippen molar-refractivity contribution >= 4 is 5.91 Å². The van der Waals surface area contributed by atoms with Gasteiger partial charge in [-0.05, 0) is 25.7 Å². The fourth-order valence-electron chi connectivity index (χ4n) is 2.24. The summed E-state index contributed by atoms with van der Waals surface area (Å²) in [5, 5.41) is 11.8. The molecule has 0 heterocycles. The van der Waals surface area contributed by atoms with Gasteiger partial charge in [-0.2, -0.15) is 0 Å². The quantitative estimate of drug-likeness (QED) is 0.867. The van der Waals surface area contributed by atoms with Crippen molar-refractivity contribution in [1.82, 2.24) is 5.32 Å². The molecule has 0 aromatic heterocycles. The zero-order valence-electron chi connectivity index (χ0n) is 10.1. The maximum Gasteiger partial charge on any atom is 0.257 e. The van der Waals surface area contributed by atoms with Gasteiger partial charge < -0.3 is 10.4 Å². The van der Waals surface area contributed by atoms with Crippen LogP contribution in [0.15, 0.2) is 12.1 Å². The van der Waals surface area contributed by atoms with Gasteiger partial charge in [0.25, 0.3) is 5.91 Å². The van der Waals surface area contributed by atoms with Gasteiger partial charge in [0.15, 0.2) is 0 Å². The van der Waals surface area contributed by atoms with Crippen molar-refractivity contribution in [2.24, 2.45) is 0 Å². The summed E-state index contributed by atoms with van der Waals surface area (Å²) in [6.07, 6.45) is 1.81. The molecule has 1 aliphatic carbocycles. The van der Waals surface area contributed by atoms with Crippen molar-refractivity contribution in [1.29, 1.82) is 0 Å². The second-order valence-electron chi connectivity index (χ2n) is 4.72. The summed E-state index contributed by atoms with van der Waals surface area (Å²) in [5.74, 6) is -4.39. The molecule has 1 fully saturated rings. The van der Waals surface area contributed by atoms with Crippen LogP contribution in [0.3, 0.4) is 0 Å². The molecule has 1 amide bonds. The van der Waals surface area contributed by atoms with Gasteiger partial charge in [0, 0.05) is 18.2 Å². The van der Waals surface area contributed by atoms with Crippen molar-refractivity contribution in [2.45, 2.75) is 37.8 Å². The van der Waals surface area contributed by atoms with Crippen LogP contribution in [0.25, 0.3) is 0 Å². The number of hydrogen-bond donors (Lipinski definition) is 2. The highest BCUT2D eigenvalue weighted by atomic mass is 19.1. The minimum atomic E-state index is -1.22. The van der Waals surface area contributed by atoms with E-state index in [0.717, 1.165) is 0 Å². The van der Waals surface area contributed by atoms with Crippen molar-refractivity contribution in [3.05, 3.63) is 35.1 Å². The standard InChI is InChI=1S/C13H14F3NO2/c14-7-5-10(15)12(11(16)6-7)13(19)17-8-1-3-9(18)4-2-8/h5-6,8-9,18H,1-4H2,(H,17,19). The Morgan fingerprint density at radius 3 is 2.16 bits per heavy atom. The summed E-state index contributed by atoms with van der Waals surface area (Å²) in [6.45, 7) is 0. The first-order valence-corrected chi connectivity index (χ1v) is 6.11. The highest BCUT2D eigenvalue weighted by Gasteiger charge is 2.24. The molecule has 0 atom stereocenters. The minimum absolute atomic E-state index is 0.222. The lowest BCUT2D eigenvalue weighted by atomic mass is 9.93. The molecule has 0 saturated heterocycles. The first-order valence-electron chi connectivity index (χ1n) is 6.11. The Labute approximate surface area is 108 Å². The molecule has 1 aromatic rings. The van der Waals surface area contributed by atoms with E-state index in [1.54, 1.807) is 0 Å². The van der Waals surface area contributed by atoms with Gasteiger partial charge in [-0.25, -0.2) is 13.2 Å². The third kappa shape index (κ3) is 3.26. The van der Waals surface area contributed by atoms with E-state index < -0.39 is 28.9 Å². The number of rotatable bonds is 2. The third-order valence-electron chi connectivity index (χ3n) is 3.27. The number of aliphatic hydroxyl groups is 1. The van der Waals surface area contributed by atoms with E-state index in [-0.39, 0.29) is 12.1 Å². The van der Waals surface area contributed by atoms with Gasteiger partial charge in [0.2, 0.25) is 0 Å². The maximum atomic E-state index is 13.4. The maximum absolute atomic E-state index is 13.4. The van der Waals surface area contributed by atoms with E-state index in [4.69, 9.17) is 0 Å². The lowest BCUT2D eigenvalue weighted by Gasteiger charge is -2.26. The van der Waals surface area contributed by atoms with Crippen LogP contribution in [0.2, 0.25) is 0 Å². The zero-order chi connectivity index (χ0) is 14.0. The van der Waals surface area contributed by atoms with Crippen LogP contribution in [0.5, 0.6) is 0 Å². The molecule has 1 aromatic carbocycles. The molecule has 104 valence electrons. The molecule has 0 bridgehead atoms. The summed E-state index contributed by atoms with van der Waals surface area (Å²) in [4.78, 5) is 11.8. The third-order valence-corrected chi connectivity index (χ3v) is 3.27. The molecule has 0 unspecified atom stereocenters. The lowest BCUT2D eigenvalue weighted by molar-refractivity contribution is 0.0860. The summed E-state index contributed by atoms with van der Waals surface area (Å²) in [6, 6.07) is 0.727. The Hall–Kier alpha value is -1.56. The lowest BCUT2D eigenvalue weighted by Crippen LogP contribution is -2.39. The first-order chi connectivity index (χ1) is 8.97. The Morgan fingerprint density at radius 1 is 1.11 bits per heavy atom. The van der Waals surface area contributed by atoms with Crippen molar-refractivity contribution in [3.63, 3.8) is 0 Å². The number of halogens is 3. The van der Waals surface area contributed by atoms with Crippen LogP contribution < -0.4 is 5.32 Å².